The summed E-state index contributed by atoms with van der Waals surface area (Å²) >= 11 is 0. The highest BCUT2D eigenvalue weighted by atomic mass is 16.6. The summed E-state index contributed by atoms with van der Waals surface area (Å²) in [6, 6.07) is 0. The number of benzene rings is 1. The number of nitrogens with two attached hydrogens (primary N) is 1. The van der Waals surface area contributed by atoms with E-state index >= 15 is 0 Å². The molecule has 0 unspecified atom stereocenters. The lowest BCUT2D eigenvalue weighted by atomic mass is 9.94. The van der Waals surface area contributed by atoms with Gasteiger partial charge in [0.25, 0.3) is 0 Å². The molecule has 1 aromatic carbocycles. The number of anilines is 1. The van der Waals surface area contributed by atoms with Gasteiger partial charge in [-0.3, -0.25) is 20.2 Å². The van der Waals surface area contributed by atoms with Crippen LogP contribution >= 0.6 is 0 Å². The molecule has 0 saturated heterocycles. The molecular formula is C12H17N3O4. The second-order valence-corrected chi connectivity index (χ2v) is 4.46. The highest BCUT2D eigenvalue weighted by molar-refractivity contribution is 5.78. The van der Waals surface area contributed by atoms with Crippen molar-refractivity contribution in [2.45, 2.75) is 40.0 Å². The van der Waals surface area contributed by atoms with Crippen molar-refractivity contribution in [2.24, 2.45) is 0 Å². The van der Waals surface area contributed by atoms with Crippen molar-refractivity contribution in [3.8, 4) is 0 Å². The van der Waals surface area contributed by atoms with Crippen LogP contribution in [0.25, 0.3) is 0 Å². The Balaban J connectivity index is 3.64. The van der Waals surface area contributed by atoms with Crippen LogP contribution in [0.1, 0.15) is 36.5 Å². The number of hydrogen-bond donors (Lipinski definition) is 1. The zero-order chi connectivity index (χ0) is 14.7. The Kier molecular flexibility index (Phi) is 4.42. The summed E-state index contributed by atoms with van der Waals surface area (Å²) in [6.45, 7) is 5.21. The fourth-order valence-electron chi connectivity index (χ4n) is 2.16. The molecule has 0 amide bonds. The van der Waals surface area contributed by atoms with Crippen LogP contribution in [0.4, 0.5) is 17.1 Å². The van der Waals surface area contributed by atoms with E-state index in [1.54, 1.807) is 13.8 Å². The van der Waals surface area contributed by atoms with Gasteiger partial charge in [0.2, 0.25) is 0 Å². The SMILES string of the molecule is CCCCc1c(C)c(C)c([N+](=O)[O-])c(N)c1[N+](=O)[O-]. The molecule has 0 atom stereocenters. The lowest BCUT2D eigenvalue weighted by Gasteiger charge is -2.12. The van der Waals surface area contributed by atoms with Crippen LogP contribution in [0.2, 0.25) is 0 Å². The van der Waals surface area contributed by atoms with Crippen LogP contribution in [0.15, 0.2) is 0 Å². The molecule has 0 spiro atoms. The Morgan fingerprint density at radius 1 is 1.05 bits per heavy atom. The molecule has 0 aliphatic rings. The van der Waals surface area contributed by atoms with Crippen molar-refractivity contribution in [1.82, 2.24) is 0 Å². The van der Waals surface area contributed by atoms with E-state index < -0.39 is 9.85 Å². The van der Waals surface area contributed by atoms with Gasteiger partial charge < -0.3 is 5.73 Å². The van der Waals surface area contributed by atoms with Gasteiger partial charge in [-0.25, -0.2) is 0 Å². The second-order valence-electron chi connectivity index (χ2n) is 4.46. The predicted molar refractivity (Wildman–Crippen MR) is 72.2 cm³/mol. The molecule has 0 aliphatic heterocycles. The largest absolute Gasteiger partial charge is 0.387 e. The first-order chi connectivity index (χ1) is 8.82. The second kappa shape index (κ2) is 5.64. The van der Waals surface area contributed by atoms with E-state index in [2.05, 4.69) is 0 Å². The normalized spacial score (nSPS) is 10.5. The van der Waals surface area contributed by atoms with Gasteiger partial charge in [-0.15, -0.1) is 0 Å². The van der Waals surface area contributed by atoms with Crippen molar-refractivity contribution in [2.75, 3.05) is 5.73 Å². The van der Waals surface area contributed by atoms with E-state index in [4.69, 9.17) is 5.73 Å². The van der Waals surface area contributed by atoms with Crippen molar-refractivity contribution in [3.05, 3.63) is 36.9 Å². The van der Waals surface area contributed by atoms with E-state index in [-0.39, 0.29) is 17.1 Å². The van der Waals surface area contributed by atoms with Gasteiger partial charge in [0.05, 0.1) is 9.85 Å². The standard InChI is InChI=1S/C12H17N3O4/c1-4-5-6-9-7(2)8(3)11(14(16)17)10(13)12(9)15(18)19/h4-6,13H2,1-3H3. The fraction of sp³-hybridized carbons (Fsp3) is 0.500. The van der Waals surface area contributed by atoms with Gasteiger partial charge in [-0.1, -0.05) is 13.3 Å². The number of hydrogen-bond acceptors (Lipinski definition) is 5. The van der Waals surface area contributed by atoms with Gasteiger partial charge in [0.1, 0.15) is 0 Å². The zero-order valence-electron chi connectivity index (χ0n) is 11.2. The molecule has 19 heavy (non-hydrogen) atoms. The van der Waals surface area contributed by atoms with E-state index in [0.29, 0.717) is 23.1 Å². The number of nitrogens with zero attached hydrogens (tertiary/aromatic N) is 2. The summed E-state index contributed by atoms with van der Waals surface area (Å²) < 4.78 is 0. The molecule has 7 nitrogen and oxygen atoms in total. The Morgan fingerprint density at radius 3 is 2.00 bits per heavy atom. The maximum absolute atomic E-state index is 11.1. The van der Waals surface area contributed by atoms with Crippen molar-refractivity contribution < 1.29 is 9.85 Å². The summed E-state index contributed by atoms with van der Waals surface area (Å²) in [6.07, 6.45) is 2.16. The Hall–Kier alpha value is -2.18. The van der Waals surface area contributed by atoms with Crippen LogP contribution in [0.5, 0.6) is 0 Å². The monoisotopic (exact) mass is 267 g/mol. The van der Waals surface area contributed by atoms with Gasteiger partial charge in [0.15, 0.2) is 5.69 Å². The molecule has 0 aromatic heterocycles. The molecule has 0 bridgehead atoms. The van der Waals surface area contributed by atoms with Gasteiger partial charge in [0, 0.05) is 11.1 Å². The molecule has 104 valence electrons. The molecule has 0 saturated carbocycles. The number of rotatable bonds is 5. The number of nitrogen functional groups attached to an aromatic ring is 1. The van der Waals surface area contributed by atoms with E-state index in [1.807, 2.05) is 6.92 Å². The highest BCUT2D eigenvalue weighted by Crippen LogP contribution is 2.40. The van der Waals surface area contributed by atoms with Crippen LogP contribution in [0.3, 0.4) is 0 Å². The van der Waals surface area contributed by atoms with Gasteiger partial charge in [-0.05, 0) is 32.3 Å². The minimum Gasteiger partial charge on any atom is -0.387 e. The number of nitro benzene ring substituents is 2. The van der Waals surface area contributed by atoms with Gasteiger partial charge >= 0.3 is 11.4 Å². The first-order valence-electron chi connectivity index (χ1n) is 6.03. The maximum atomic E-state index is 11.1. The summed E-state index contributed by atoms with van der Waals surface area (Å²) in [5, 5.41) is 22.1. The summed E-state index contributed by atoms with van der Waals surface area (Å²) in [4.78, 5) is 20.9. The van der Waals surface area contributed by atoms with Crippen molar-refractivity contribution in [1.29, 1.82) is 0 Å². The first-order valence-corrected chi connectivity index (χ1v) is 6.03. The first kappa shape index (κ1) is 14.9. The Bertz CT molecular complexity index is 541. The van der Waals surface area contributed by atoms with Crippen LogP contribution in [0, 0.1) is 34.1 Å². The molecule has 1 rings (SSSR count). The lowest BCUT2D eigenvalue weighted by molar-refractivity contribution is -0.393. The number of unbranched alkanes of at least 4 members (excludes halogenated alkanes) is 1. The molecule has 7 heteroatoms. The number of nitro groups is 2. The quantitative estimate of drug-likeness (QED) is 0.500. The summed E-state index contributed by atoms with van der Waals surface area (Å²) in [5.74, 6) is 0. The van der Waals surface area contributed by atoms with Crippen LogP contribution in [-0.2, 0) is 6.42 Å². The Labute approximate surface area is 110 Å². The van der Waals surface area contributed by atoms with Crippen LogP contribution < -0.4 is 5.73 Å². The van der Waals surface area contributed by atoms with Crippen molar-refractivity contribution >= 4 is 17.1 Å². The highest BCUT2D eigenvalue weighted by Gasteiger charge is 2.31. The zero-order valence-corrected chi connectivity index (χ0v) is 11.2. The summed E-state index contributed by atoms with van der Waals surface area (Å²) in [7, 11) is 0. The topological polar surface area (TPSA) is 112 Å². The molecule has 1 aromatic rings. The third-order valence-electron chi connectivity index (χ3n) is 3.31. The van der Waals surface area contributed by atoms with Gasteiger partial charge in [-0.2, -0.15) is 0 Å². The average molecular weight is 267 g/mol. The maximum Gasteiger partial charge on any atom is 0.302 e. The summed E-state index contributed by atoms with van der Waals surface area (Å²) in [5.41, 5.74) is 6.12. The molecule has 0 heterocycles. The minimum absolute atomic E-state index is 0.316. The third kappa shape index (κ3) is 2.64. The lowest BCUT2D eigenvalue weighted by Crippen LogP contribution is -2.09. The predicted octanol–water partition coefficient (Wildman–Crippen LogP) is 3.04. The third-order valence-corrected chi connectivity index (χ3v) is 3.31. The smallest absolute Gasteiger partial charge is 0.302 e. The fourth-order valence-corrected chi connectivity index (χ4v) is 2.16. The minimum atomic E-state index is -0.658. The Morgan fingerprint density at radius 2 is 1.58 bits per heavy atom. The van der Waals surface area contributed by atoms with E-state index in [1.165, 1.54) is 0 Å². The molecule has 0 aliphatic carbocycles. The molecule has 0 fully saturated rings. The van der Waals surface area contributed by atoms with E-state index in [9.17, 15) is 20.2 Å². The van der Waals surface area contributed by atoms with Crippen LogP contribution in [-0.4, -0.2) is 9.85 Å². The molecule has 0 radical (unpaired) electrons. The average Bonchev–Trinajstić information content (AvgIpc) is 2.30. The van der Waals surface area contributed by atoms with E-state index in [0.717, 1.165) is 12.8 Å². The molecule has 2 N–H and O–H groups in total. The molecular weight excluding hydrogens is 250 g/mol. The van der Waals surface area contributed by atoms with Crippen molar-refractivity contribution in [3.63, 3.8) is 0 Å².